The molecule has 1 saturated heterocycles. The van der Waals surface area contributed by atoms with E-state index >= 15 is 0 Å². The summed E-state index contributed by atoms with van der Waals surface area (Å²) in [5, 5.41) is 21.8. The molecule has 1 aromatic rings. The van der Waals surface area contributed by atoms with Crippen molar-refractivity contribution in [2.45, 2.75) is 31.8 Å². The molecule has 1 unspecified atom stereocenters. The second kappa shape index (κ2) is 6.49. The molecule has 0 saturated carbocycles. The predicted molar refractivity (Wildman–Crippen MR) is 71.6 cm³/mol. The Balaban J connectivity index is 1.96. The van der Waals surface area contributed by atoms with Crippen molar-refractivity contribution in [3.63, 3.8) is 0 Å². The van der Waals surface area contributed by atoms with Gasteiger partial charge in [-0.15, -0.1) is 0 Å². The Hall–Kier alpha value is -1.21. The molecule has 1 heterocycles. The van der Waals surface area contributed by atoms with Crippen LogP contribution in [0.5, 0.6) is 0 Å². The molecule has 1 aliphatic rings. The van der Waals surface area contributed by atoms with Gasteiger partial charge in [-0.3, -0.25) is 15.0 Å². The number of carbonyl (C=O) groups is 1. The van der Waals surface area contributed by atoms with E-state index in [4.69, 9.17) is 16.7 Å². The molecule has 0 amide bonds. The first-order chi connectivity index (χ1) is 9.50. The van der Waals surface area contributed by atoms with Gasteiger partial charge in [-0.25, -0.2) is 4.39 Å². The number of aliphatic hydroxyl groups is 1. The zero-order valence-corrected chi connectivity index (χ0v) is 11.5. The molecule has 0 bridgehead atoms. The number of aliphatic carboxylic acids is 1. The summed E-state index contributed by atoms with van der Waals surface area (Å²) in [6.45, 7) is 0.555. The summed E-state index contributed by atoms with van der Waals surface area (Å²) >= 11 is 5.67. The van der Waals surface area contributed by atoms with Crippen LogP contribution in [-0.4, -0.2) is 40.0 Å². The summed E-state index contributed by atoms with van der Waals surface area (Å²) in [6.07, 6.45) is 0.0814. The molecule has 20 heavy (non-hydrogen) atoms. The Kier molecular flexibility index (Phi) is 4.93. The lowest BCUT2D eigenvalue weighted by atomic mass is 10.2. The Morgan fingerprint density at radius 1 is 1.60 bits per heavy atom. The van der Waals surface area contributed by atoms with Crippen molar-refractivity contribution >= 4 is 17.6 Å². The van der Waals surface area contributed by atoms with Crippen LogP contribution in [0.1, 0.15) is 18.4 Å². The number of carboxylic acid groups (broad SMARTS) is 1. The molecule has 1 aliphatic heterocycles. The molecule has 0 aliphatic carbocycles. The van der Waals surface area contributed by atoms with Crippen LogP contribution in [0.15, 0.2) is 18.2 Å². The van der Waals surface area contributed by atoms with Crippen LogP contribution < -0.4 is 5.32 Å². The van der Waals surface area contributed by atoms with Gasteiger partial charge in [0.25, 0.3) is 0 Å². The van der Waals surface area contributed by atoms with Crippen molar-refractivity contribution in [1.29, 1.82) is 0 Å². The highest BCUT2D eigenvalue weighted by Gasteiger charge is 2.34. The van der Waals surface area contributed by atoms with Gasteiger partial charge in [0.2, 0.25) is 0 Å². The average molecular weight is 303 g/mol. The van der Waals surface area contributed by atoms with E-state index in [-0.39, 0.29) is 11.6 Å². The smallest absolute Gasteiger partial charge is 0.321 e. The Morgan fingerprint density at radius 3 is 3.05 bits per heavy atom. The standard InChI is InChI=1S/C13H16ClFN2O3/c14-9-4-1-3-8(11(9)15)7-16-13(20)17-6-2-5-10(17)12(18)19/h1,3-4,10,13,16,20H,2,5-7H2,(H,18,19)/t10-,13?/m0/s1. The van der Waals surface area contributed by atoms with E-state index in [1.54, 1.807) is 12.1 Å². The maximum absolute atomic E-state index is 13.7. The monoisotopic (exact) mass is 302 g/mol. The summed E-state index contributed by atoms with van der Waals surface area (Å²) in [5.41, 5.74) is 0.322. The largest absolute Gasteiger partial charge is 0.480 e. The summed E-state index contributed by atoms with van der Waals surface area (Å²) in [7, 11) is 0. The molecule has 110 valence electrons. The molecular weight excluding hydrogens is 287 g/mol. The SMILES string of the molecule is O=C(O)[C@@H]1CCCN1C(O)NCc1cccc(Cl)c1F. The van der Waals surface area contributed by atoms with E-state index in [1.165, 1.54) is 11.0 Å². The van der Waals surface area contributed by atoms with Crippen LogP contribution in [0, 0.1) is 5.82 Å². The van der Waals surface area contributed by atoms with Gasteiger partial charge in [0, 0.05) is 18.7 Å². The second-order valence-corrected chi connectivity index (χ2v) is 5.11. The minimum Gasteiger partial charge on any atom is -0.480 e. The fourth-order valence-corrected chi connectivity index (χ4v) is 2.54. The lowest BCUT2D eigenvalue weighted by Gasteiger charge is -2.27. The number of benzene rings is 1. The number of halogens is 2. The van der Waals surface area contributed by atoms with Crippen molar-refractivity contribution < 1.29 is 19.4 Å². The topological polar surface area (TPSA) is 72.8 Å². The average Bonchev–Trinajstić information content (AvgIpc) is 2.89. The Bertz CT molecular complexity index is 501. The number of nitrogens with one attached hydrogen (secondary N) is 1. The van der Waals surface area contributed by atoms with Crippen molar-refractivity contribution in [1.82, 2.24) is 10.2 Å². The molecule has 0 spiro atoms. The number of hydrogen-bond donors (Lipinski definition) is 3. The highest BCUT2D eigenvalue weighted by atomic mass is 35.5. The van der Waals surface area contributed by atoms with Crippen LogP contribution in [0.4, 0.5) is 4.39 Å². The van der Waals surface area contributed by atoms with Crippen molar-refractivity contribution in [3.05, 3.63) is 34.6 Å². The van der Waals surface area contributed by atoms with Gasteiger partial charge in [-0.1, -0.05) is 23.7 Å². The second-order valence-electron chi connectivity index (χ2n) is 4.70. The van der Waals surface area contributed by atoms with Crippen molar-refractivity contribution in [2.24, 2.45) is 0 Å². The third kappa shape index (κ3) is 3.27. The normalized spacial score (nSPS) is 21.1. The predicted octanol–water partition coefficient (Wildman–Crippen LogP) is 1.39. The van der Waals surface area contributed by atoms with Gasteiger partial charge in [0.05, 0.1) is 5.02 Å². The highest BCUT2D eigenvalue weighted by molar-refractivity contribution is 6.30. The molecule has 0 radical (unpaired) electrons. The number of aliphatic hydroxyl groups excluding tert-OH is 1. The van der Waals surface area contributed by atoms with Crippen LogP contribution in [0.25, 0.3) is 0 Å². The van der Waals surface area contributed by atoms with E-state index < -0.39 is 24.2 Å². The molecule has 5 nitrogen and oxygen atoms in total. The van der Waals surface area contributed by atoms with Gasteiger partial charge in [-0.2, -0.15) is 0 Å². The molecule has 3 N–H and O–H groups in total. The minimum atomic E-state index is -1.13. The minimum absolute atomic E-state index is 0.0170. The number of hydrogen-bond acceptors (Lipinski definition) is 4. The number of rotatable bonds is 5. The molecule has 2 rings (SSSR count). The maximum Gasteiger partial charge on any atom is 0.321 e. The van der Waals surface area contributed by atoms with Crippen LogP contribution in [-0.2, 0) is 11.3 Å². The summed E-state index contributed by atoms with van der Waals surface area (Å²) < 4.78 is 13.7. The van der Waals surface area contributed by atoms with Gasteiger partial charge < -0.3 is 10.2 Å². The van der Waals surface area contributed by atoms with Crippen molar-refractivity contribution in [2.75, 3.05) is 6.54 Å². The third-order valence-electron chi connectivity index (χ3n) is 3.40. The fourth-order valence-electron chi connectivity index (χ4n) is 2.35. The van der Waals surface area contributed by atoms with E-state index in [0.29, 0.717) is 24.9 Å². The Morgan fingerprint density at radius 2 is 2.35 bits per heavy atom. The zero-order chi connectivity index (χ0) is 14.7. The van der Waals surface area contributed by atoms with Gasteiger partial charge in [0.15, 0.2) is 6.35 Å². The number of likely N-dealkylation sites (tertiary alicyclic amines) is 1. The van der Waals surface area contributed by atoms with E-state index in [2.05, 4.69) is 5.32 Å². The number of nitrogens with zero attached hydrogens (tertiary/aromatic N) is 1. The molecule has 2 atom stereocenters. The first kappa shape index (κ1) is 15.2. The fraction of sp³-hybridized carbons (Fsp3) is 0.462. The quantitative estimate of drug-likeness (QED) is 0.717. The first-order valence-corrected chi connectivity index (χ1v) is 6.71. The molecular formula is C13H16ClFN2O3. The molecule has 1 aromatic carbocycles. The van der Waals surface area contributed by atoms with E-state index in [1.807, 2.05) is 0 Å². The van der Waals surface area contributed by atoms with Gasteiger partial charge in [0.1, 0.15) is 11.9 Å². The van der Waals surface area contributed by atoms with E-state index in [0.717, 1.165) is 0 Å². The zero-order valence-electron chi connectivity index (χ0n) is 10.7. The lowest BCUT2D eigenvalue weighted by Crippen LogP contribution is -2.50. The lowest BCUT2D eigenvalue weighted by molar-refractivity contribution is -0.147. The van der Waals surface area contributed by atoms with Crippen LogP contribution >= 0.6 is 11.6 Å². The van der Waals surface area contributed by atoms with E-state index in [9.17, 15) is 14.3 Å². The molecule has 0 aromatic heterocycles. The summed E-state index contributed by atoms with van der Waals surface area (Å²) in [6, 6.07) is 3.91. The van der Waals surface area contributed by atoms with Gasteiger partial charge in [-0.05, 0) is 18.9 Å². The summed E-state index contributed by atoms with van der Waals surface area (Å²) in [5.74, 6) is -1.50. The van der Waals surface area contributed by atoms with Crippen molar-refractivity contribution in [3.8, 4) is 0 Å². The summed E-state index contributed by atoms with van der Waals surface area (Å²) in [4.78, 5) is 12.5. The van der Waals surface area contributed by atoms with Crippen LogP contribution in [0.3, 0.4) is 0 Å². The first-order valence-electron chi connectivity index (χ1n) is 6.33. The maximum atomic E-state index is 13.7. The number of carboxylic acids is 1. The molecule has 7 heteroatoms. The third-order valence-corrected chi connectivity index (χ3v) is 3.69. The molecule has 1 fully saturated rings. The van der Waals surface area contributed by atoms with Gasteiger partial charge >= 0.3 is 5.97 Å². The van der Waals surface area contributed by atoms with Crippen LogP contribution in [0.2, 0.25) is 5.02 Å². The Labute approximate surface area is 121 Å². The highest BCUT2D eigenvalue weighted by Crippen LogP contribution is 2.20.